The van der Waals surface area contributed by atoms with E-state index < -0.39 is 5.97 Å². The number of hydrogen-bond donors (Lipinski definition) is 2. The molecule has 19 heavy (non-hydrogen) atoms. The molecule has 0 saturated heterocycles. The minimum Gasteiger partial charge on any atom is -0.478 e. The van der Waals surface area contributed by atoms with Crippen LogP contribution < -0.4 is 5.32 Å². The van der Waals surface area contributed by atoms with Crippen LogP contribution in [0.3, 0.4) is 0 Å². The third-order valence-corrected chi connectivity index (χ3v) is 3.42. The van der Waals surface area contributed by atoms with E-state index in [2.05, 4.69) is 21.2 Å². The lowest BCUT2D eigenvalue weighted by atomic mass is 10.1. The maximum Gasteiger partial charge on any atom is 0.335 e. The first kappa shape index (κ1) is 13.9. The minimum absolute atomic E-state index is 0.283. The zero-order valence-electron chi connectivity index (χ0n) is 9.86. The highest BCUT2D eigenvalue weighted by Crippen LogP contribution is 2.26. The summed E-state index contributed by atoms with van der Waals surface area (Å²) < 4.78 is 0.925. The van der Waals surface area contributed by atoms with Crippen molar-refractivity contribution in [2.45, 2.75) is 6.54 Å². The van der Waals surface area contributed by atoms with Crippen LogP contribution in [0.15, 0.2) is 46.9 Å². The van der Waals surface area contributed by atoms with E-state index >= 15 is 0 Å². The smallest absolute Gasteiger partial charge is 0.335 e. The first-order valence-electron chi connectivity index (χ1n) is 5.57. The van der Waals surface area contributed by atoms with Gasteiger partial charge >= 0.3 is 5.97 Å². The third kappa shape index (κ3) is 3.72. The Kier molecular flexibility index (Phi) is 4.45. The van der Waals surface area contributed by atoms with Gasteiger partial charge in [0.15, 0.2) is 0 Å². The SMILES string of the molecule is O=C(O)c1ccc(CNc2ccc(Br)cc2Cl)cc1. The van der Waals surface area contributed by atoms with Gasteiger partial charge in [-0.3, -0.25) is 0 Å². The Morgan fingerprint density at radius 2 is 1.89 bits per heavy atom. The molecule has 0 radical (unpaired) electrons. The van der Waals surface area contributed by atoms with E-state index in [4.69, 9.17) is 16.7 Å². The molecule has 98 valence electrons. The number of anilines is 1. The van der Waals surface area contributed by atoms with Crippen molar-refractivity contribution in [3.8, 4) is 0 Å². The Hall–Kier alpha value is -1.52. The highest BCUT2D eigenvalue weighted by molar-refractivity contribution is 9.10. The second kappa shape index (κ2) is 6.08. The highest BCUT2D eigenvalue weighted by Gasteiger charge is 2.03. The van der Waals surface area contributed by atoms with Gasteiger partial charge in [-0.15, -0.1) is 0 Å². The van der Waals surface area contributed by atoms with Gasteiger partial charge in [-0.2, -0.15) is 0 Å². The lowest BCUT2D eigenvalue weighted by Gasteiger charge is -2.09. The van der Waals surface area contributed by atoms with Gasteiger partial charge < -0.3 is 10.4 Å². The summed E-state index contributed by atoms with van der Waals surface area (Å²) in [5.74, 6) is -0.921. The number of hydrogen-bond acceptors (Lipinski definition) is 2. The average molecular weight is 341 g/mol. The predicted octanol–water partition coefficient (Wildman–Crippen LogP) is 4.41. The summed E-state index contributed by atoms with van der Waals surface area (Å²) in [5, 5.41) is 12.6. The fourth-order valence-corrected chi connectivity index (χ4v) is 2.34. The predicted molar refractivity (Wildman–Crippen MR) is 79.9 cm³/mol. The molecule has 3 nitrogen and oxygen atoms in total. The molecular weight excluding hydrogens is 330 g/mol. The molecule has 2 aromatic rings. The monoisotopic (exact) mass is 339 g/mol. The molecule has 0 fully saturated rings. The van der Waals surface area contributed by atoms with Crippen molar-refractivity contribution < 1.29 is 9.90 Å². The Balaban J connectivity index is 2.04. The molecule has 0 amide bonds. The van der Waals surface area contributed by atoms with Crippen LogP contribution in [0.5, 0.6) is 0 Å². The van der Waals surface area contributed by atoms with Gasteiger partial charge in [-0.05, 0) is 35.9 Å². The molecule has 0 aromatic heterocycles. The molecule has 2 rings (SSSR count). The van der Waals surface area contributed by atoms with E-state index in [1.807, 2.05) is 18.2 Å². The fraction of sp³-hybridized carbons (Fsp3) is 0.0714. The molecule has 0 unspecified atom stereocenters. The maximum atomic E-state index is 10.7. The standard InChI is InChI=1S/C14H11BrClNO2/c15-11-5-6-13(12(16)7-11)17-8-9-1-3-10(4-2-9)14(18)19/h1-7,17H,8H2,(H,18,19). The number of carboxylic acids is 1. The first-order valence-corrected chi connectivity index (χ1v) is 6.74. The fourth-order valence-electron chi connectivity index (χ4n) is 1.60. The summed E-state index contributed by atoms with van der Waals surface area (Å²) in [7, 11) is 0. The van der Waals surface area contributed by atoms with Crippen LogP contribution in [0.4, 0.5) is 5.69 Å². The summed E-state index contributed by atoms with van der Waals surface area (Å²) in [6, 6.07) is 12.3. The van der Waals surface area contributed by atoms with Crippen molar-refractivity contribution >= 4 is 39.2 Å². The molecule has 2 N–H and O–H groups in total. The Morgan fingerprint density at radius 3 is 2.47 bits per heavy atom. The van der Waals surface area contributed by atoms with Gasteiger partial charge in [-0.25, -0.2) is 4.79 Å². The average Bonchev–Trinajstić information content (AvgIpc) is 2.38. The number of aromatic carboxylic acids is 1. The van der Waals surface area contributed by atoms with Gasteiger partial charge in [0.05, 0.1) is 16.3 Å². The molecule has 0 aliphatic rings. The normalized spacial score (nSPS) is 10.2. The van der Waals surface area contributed by atoms with Crippen LogP contribution >= 0.6 is 27.5 Å². The van der Waals surface area contributed by atoms with Crippen LogP contribution in [0.2, 0.25) is 5.02 Å². The van der Waals surface area contributed by atoms with Crippen molar-refractivity contribution in [1.29, 1.82) is 0 Å². The maximum absolute atomic E-state index is 10.7. The number of halogens is 2. The summed E-state index contributed by atoms with van der Waals surface area (Å²) in [5.41, 5.74) is 2.11. The molecule has 0 aliphatic carbocycles. The lowest BCUT2D eigenvalue weighted by Crippen LogP contribution is -2.01. The number of rotatable bonds is 4. The van der Waals surface area contributed by atoms with Gasteiger partial charge in [0.25, 0.3) is 0 Å². The minimum atomic E-state index is -0.921. The van der Waals surface area contributed by atoms with Gasteiger partial charge in [0.1, 0.15) is 0 Å². The Bertz CT molecular complexity index is 599. The van der Waals surface area contributed by atoms with E-state index in [0.717, 1.165) is 15.7 Å². The van der Waals surface area contributed by atoms with Crippen LogP contribution in [0.1, 0.15) is 15.9 Å². The van der Waals surface area contributed by atoms with Gasteiger partial charge in [-0.1, -0.05) is 39.7 Å². The van der Waals surface area contributed by atoms with E-state index in [9.17, 15) is 4.79 Å². The van der Waals surface area contributed by atoms with Crippen LogP contribution in [0.25, 0.3) is 0 Å². The van der Waals surface area contributed by atoms with Crippen molar-refractivity contribution in [1.82, 2.24) is 0 Å². The van der Waals surface area contributed by atoms with Crippen LogP contribution in [-0.4, -0.2) is 11.1 Å². The largest absolute Gasteiger partial charge is 0.478 e. The Morgan fingerprint density at radius 1 is 1.21 bits per heavy atom. The van der Waals surface area contributed by atoms with E-state index in [1.54, 1.807) is 24.3 Å². The van der Waals surface area contributed by atoms with Crippen molar-refractivity contribution in [3.05, 3.63) is 63.1 Å². The number of carboxylic acid groups (broad SMARTS) is 1. The highest BCUT2D eigenvalue weighted by atomic mass is 79.9. The molecule has 0 spiro atoms. The second-order valence-electron chi connectivity index (χ2n) is 3.98. The van der Waals surface area contributed by atoms with E-state index in [0.29, 0.717) is 11.6 Å². The summed E-state index contributed by atoms with van der Waals surface area (Å²) in [6.45, 7) is 0.585. The summed E-state index contributed by atoms with van der Waals surface area (Å²) in [6.07, 6.45) is 0. The second-order valence-corrected chi connectivity index (χ2v) is 5.30. The Labute approximate surface area is 124 Å². The summed E-state index contributed by atoms with van der Waals surface area (Å²) in [4.78, 5) is 10.7. The quantitative estimate of drug-likeness (QED) is 0.866. The molecule has 0 aliphatic heterocycles. The third-order valence-electron chi connectivity index (χ3n) is 2.61. The van der Waals surface area contributed by atoms with E-state index in [1.165, 1.54) is 0 Å². The number of benzene rings is 2. The van der Waals surface area contributed by atoms with Crippen LogP contribution in [-0.2, 0) is 6.54 Å². The van der Waals surface area contributed by atoms with Gasteiger partial charge in [0.2, 0.25) is 0 Å². The molecule has 0 atom stereocenters. The topological polar surface area (TPSA) is 49.3 Å². The lowest BCUT2D eigenvalue weighted by molar-refractivity contribution is 0.0697. The first-order chi connectivity index (χ1) is 9.06. The summed E-state index contributed by atoms with van der Waals surface area (Å²) >= 11 is 9.44. The number of nitrogens with one attached hydrogen (secondary N) is 1. The molecular formula is C14H11BrClNO2. The molecule has 0 bridgehead atoms. The zero-order chi connectivity index (χ0) is 13.8. The zero-order valence-corrected chi connectivity index (χ0v) is 12.2. The number of carbonyl (C=O) groups is 1. The van der Waals surface area contributed by atoms with Crippen molar-refractivity contribution in [2.75, 3.05) is 5.32 Å². The van der Waals surface area contributed by atoms with Crippen LogP contribution in [0, 0.1) is 0 Å². The molecule has 0 saturated carbocycles. The van der Waals surface area contributed by atoms with Gasteiger partial charge in [0, 0.05) is 11.0 Å². The van der Waals surface area contributed by atoms with E-state index in [-0.39, 0.29) is 5.56 Å². The van der Waals surface area contributed by atoms with Crippen molar-refractivity contribution in [3.63, 3.8) is 0 Å². The molecule has 5 heteroatoms. The molecule has 2 aromatic carbocycles. The molecule has 0 heterocycles. The van der Waals surface area contributed by atoms with Crippen molar-refractivity contribution in [2.24, 2.45) is 0 Å².